The Morgan fingerprint density at radius 3 is 2.18 bits per heavy atom. The molecule has 3 rings (SSSR count). The minimum absolute atomic E-state index is 0.283. The standard InChI is InChI=1S/C25H31NO2/c1-3-4-5-6-7-8-19-28-24-16-12-22(13-17-24)26-20(2)9-18-25(26)21-10-14-23(27)15-11-21/h9-18,27H,3-8,19H2,1-2H3. The first kappa shape index (κ1) is 20.1. The smallest absolute Gasteiger partial charge is 0.119 e. The number of phenolic OH excluding ortho intramolecular Hbond substituents is 1. The molecule has 3 nitrogen and oxygen atoms in total. The van der Waals surface area contributed by atoms with Crippen molar-refractivity contribution < 1.29 is 9.84 Å². The van der Waals surface area contributed by atoms with Crippen LogP contribution in [-0.2, 0) is 0 Å². The first-order valence-corrected chi connectivity index (χ1v) is 10.4. The summed E-state index contributed by atoms with van der Waals surface area (Å²) in [6, 6.07) is 19.9. The molecule has 0 aliphatic heterocycles. The van der Waals surface area contributed by atoms with Gasteiger partial charge in [0.05, 0.1) is 12.3 Å². The number of nitrogens with zero attached hydrogens (tertiary/aromatic N) is 1. The lowest BCUT2D eigenvalue weighted by Gasteiger charge is -2.13. The topological polar surface area (TPSA) is 34.4 Å². The Balaban J connectivity index is 1.62. The van der Waals surface area contributed by atoms with Crippen LogP contribution in [0.15, 0.2) is 60.7 Å². The van der Waals surface area contributed by atoms with E-state index >= 15 is 0 Å². The van der Waals surface area contributed by atoms with Gasteiger partial charge in [-0.25, -0.2) is 0 Å². The van der Waals surface area contributed by atoms with E-state index in [-0.39, 0.29) is 5.75 Å². The number of aromatic nitrogens is 1. The molecule has 0 atom stereocenters. The van der Waals surface area contributed by atoms with Crippen molar-refractivity contribution in [3.63, 3.8) is 0 Å². The number of ether oxygens (including phenoxy) is 1. The Morgan fingerprint density at radius 2 is 1.46 bits per heavy atom. The molecule has 1 N–H and O–H groups in total. The summed E-state index contributed by atoms with van der Waals surface area (Å²) in [6.07, 6.45) is 7.64. The maximum Gasteiger partial charge on any atom is 0.119 e. The van der Waals surface area contributed by atoms with E-state index < -0.39 is 0 Å². The summed E-state index contributed by atoms with van der Waals surface area (Å²) in [5.41, 5.74) is 4.47. The van der Waals surface area contributed by atoms with Crippen molar-refractivity contribution in [2.45, 2.75) is 52.4 Å². The van der Waals surface area contributed by atoms with Crippen molar-refractivity contribution in [3.05, 3.63) is 66.4 Å². The molecule has 0 unspecified atom stereocenters. The van der Waals surface area contributed by atoms with Crippen molar-refractivity contribution in [1.29, 1.82) is 0 Å². The summed E-state index contributed by atoms with van der Waals surface area (Å²) in [4.78, 5) is 0. The van der Waals surface area contributed by atoms with Gasteiger partial charge < -0.3 is 14.4 Å². The van der Waals surface area contributed by atoms with E-state index in [4.69, 9.17) is 4.74 Å². The Hall–Kier alpha value is -2.68. The van der Waals surface area contributed by atoms with E-state index in [0.29, 0.717) is 0 Å². The molecular weight excluding hydrogens is 346 g/mol. The number of benzene rings is 2. The first-order chi connectivity index (χ1) is 13.7. The second-order valence-electron chi connectivity index (χ2n) is 7.35. The van der Waals surface area contributed by atoms with Crippen LogP contribution in [-0.4, -0.2) is 16.3 Å². The maximum absolute atomic E-state index is 9.55. The normalized spacial score (nSPS) is 10.9. The molecule has 148 valence electrons. The van der Waals surface area contributed by atoms with Crippen LogP contribution in [0.5, 0.6) is 11.5 Å². The largest absolute Gasteiger partial charge is 0.508 e. The van der Waals surface area contributed by atoms with Gasteiger partial charge in [0, 0.05) is 11.4 Å². The molecule has 28 heavy (non-hydrogen) atoms. The van der Waals surface area contributed by atoms with Crippen LogP contribution in [0.25, 0.3) is 16.9 Å². The van der Waals surface area contributed by atoms with Crippen molar-refractivity contribution in [1.82, 2.24) is 4.57 Å². The molecule has 0 radical (unpaired) electrons. The zero-order valence-corrected chi connectivity index (χ0v) is 17.0. The Labute approximate surface area is 168 Å². The molecular formula is C25H31NO2. The fraction of sp³-hybridized carbons (Fsp3) is 0.360. The summed E-state index contributed by atoms with van der Waals surface area (Å²) in [6.45, 7) is 5.13. The van der Waals surface area contributed by atoms with Gasteiger partial charge in [-0.2, -0.15) is 0 Å². The quantitative estimate of drug-likeness (QED) is 0.390. The molecule has 0 aliphatic carbocycles. The highest BCUT2D eigenvalue weighted by Crippen LogP contribution is 2.28. The lowest BCUT2D eigenvalue weighted by molar-refractivity contribution is 0.304. The Morgan fingerprint density at radius 1 is 0.786 bits per heavy atom. The molecule has 0 aliphatic rings. The van der Waals surface area contributed by atoms with E-state index in [1.165, 1.54) is 37.8 Å². The number of rotatable bonds is 10. The van der Waals surface area contributed by atoms with E-state index in [1.807, 2.05) is 24.3 Å². The van der Waals surface area contributed by atoms with Gasteiger partial charge in [0.15, 0.2) is 0 Å². The van der Waals surface area contributed by atoms with E-state index in [2.05, 4.69) is 42.7 Å². The highest BCUT2D eigenvalue weighted by Gasteiger charge is 2.10. The summed E-state index contributed by atoms with van der Waals surface area (Å²) < 4.78 is 8.13. The van der Waals surface area contributed by atoms with Crippen LogP contribution in [0.3, 0.4) is 0 Å². The zero-order valence-electron chi connectivity index (χ0n) is 17.0. The maximum atomic E-state index is 9.55. The zero-order chi connectivity index (χ0) is 19.8. The second kappa shape index (κ2) is 10.0. The highest BCUT2D eigenvalue weighted by molar-refractivity contribution is 5.65. The van der Waals surface area contributed by atoms with Crippen LogP contribution in [0.4, 0.5) is 0 Å². The van der Waals surface area contributed by atoms with Crippen LogP contribution in [0, 0.1) is 6.92 Å². The van der Waals surface area contributed by atoms with Crippen molar-refractivity contribution in [2.24, 2.45) is 0 Å². The van der Waals surface area contributed by atoms with Gasteiger partial charge >= 0.3 is 0 Å². The van der Waals surface area contributed by atoms with Crippen molar-refractivity contribution >= 4 is 0 Å². The van der Waals surface area contributed by atoms with Crippen LogP contribution < -0.4 is 4.74 Å². The number of hydrogen-bond acceptors (Lipinski definition) is 2. The third-order valence-corrected chi connectivity index (χ3v) is 5.10. The second-order valence-corrected chi connectivity index (χ2v) is 7.35. The lowest BCUT2D eigenvalue weighted by Crippen LogP contribution is -2.00. The average Bonchev–Trinajstić information content (AvgIpc) is 3.10. The van der Waals surface area contributed by atoms with Gasteiger partial charge in [-0.3, -0.25) is 0 Å². The number of hydrogen-bond donors (Lipinski definition) is 1. The minimum Gasteiger partial charge on any atom is -0.508 e. The molecule has 3 heteroatoms. The Bertz CT molecular complexity index is 847. The summed E-state index contributed by atoms with van der Waals surface area (Å²) in [5.74, 6) is 1.21. The third kappa shape index (κ3) is 5.19. The molecule has 2 aromatic carbocycles. The fourth-order valence-electron chi connectivity index (χ4n) is 3.50. The van der Waals surface area contributed by atoms with Gasteiger partial charge in [-0.1, -0.05) is 39.0 Å². The van der Waals surface area contributed by atoms with Crippen molar-refractivity contribution in [3.8, 4) is 28.4 Å². The van der Waals surface area contributed by atoms with E-state index in [0.717, 1.165) is 35.7 Å². The van der Waals surface area contributed by atoms with Gasteiger partial charge in [0.2, 0.25) is 0 Å². The predicted molar refractivity (Wildman–Crippen MR) is 116 cm³/mol. The molecule has 1 aromatic heterocycles. The third-order valence-electron chi connectivity index (χ3n) is 5.10. The molecule has 0 saturated carbocycles. The number of phenols is 1. The van der Waals surface area contributed by atoms with Gasteiger partial charge in [0.25, 0.3) is 0 Å². The Kier molecular flexibility index (Phi) is 7.18. The van der Waals surface area contributed by atoms with Crippen LogP contribution in [0.2, 0.25) is 0 Å². The summed E-state index contributed by atoms with van der Waals surface area (Å²) in [7, 11) is 0. The van der Waals surface area contributed by atoms with Crippen molar-refractivity contribution in [2.75, 3.05) is 6.61 Å². The molecule has 0 saturated heterocycles. The van der Waals surface area contributed by atoms with Gasteiger partial charge in [-0.15, -0.1) is 0 Å². The average molecular weight is 378 g/mol. The predicted octanol–water partition coefficient (Wildman–Crippen LogP) is 6.90. The lowest BCUT2D eigenvalue weighted by atomic mass is 10.1. The SMILES string of the molecule is CCCCCCCCOc1ccc(-n2c(C)ccc2-c2ccc(O)cc2)cc1. The fourth-order valence-corrected chi connectivity index (χ4v) is 3.50. The summed E-state index contributed by atoms with van der Waals surface area (Å²) >= 11 is 0. The number of aromatic hydroxyl groups is 1. The summed E-state index contributed by atoms with van der Waals surface area (Å²) in [5, 5.41) is 9.55. The number of unbranched alkanes of at least 4 members (excludes halogenated alkanes) is 5. The van der Waals surface area contributed by atoms with Crippen LogP contribution in [0.1, 0.15) is 51.1 Å². The molecule has 0 spiro atoms. The minimum atomic E-state index is 0.283. The molecule has 1 heterocycles. The molecule has 3 aromatic rings. The highest BCUT2D eigenvalue weighted by atomic mass is 16.5. The van der Waals surface area contributed by atoms with E-state index in [1.54, 1.807) is 12.1 Å². The van der Waals surface area contributed by atoms with Gasteiger partial charge in [0.1, 0.15) is 11.5 Å². The molecule has 0 fully saturated rings. The molecule has 0 amide bonds. The molecule has 0 bridgehead atoms. The number of aryl methyl sites for hydroxylation is 1. The monoisotopic (exact) mass is 377 g/mol. The van der Waals surface area contributed by atoms with Crippen LogP contribution >= 0.6 is 0 Å². The van der Waals surface area contributed by atoms with Gasteiger partial charge in [-0.05, 0) is 79.6 Å². The first-order valence-electron chi connectivity index (χ1n) is 10.4. The van der Waals surface area contributed by atoms with E-state index in [9.17, 15) is 5.11 Å².